The van der Waals surface area contributed by atoms with Gasteiger partial charge in [-0.25, -0.2) is 0 Å². The maximum Gasteiger partial charge on any atom is 0.248 e. The molecule has 1 aromatic rings. The molecule has 3 heteroatoms. The van der Waals surface area contributed by atoms with Crippen LogP contribution in [0.15, 0.2) is 24.3 Å². The van der Waals surface area contributed by atoms with Crippen LogP contribution in [-0.4, -0.2) is 11.7 Å². The maximum atomic E-state index is 11.4. The predicted octanol–water partition coefficient (Wildman–Crippen LogP) is 2.26. The largest absolute Gasteiger partial charge is 0.366 e. The van der Waals surface area contributed by atoms with Crippen molar-refractivity contribution < 1.29 is 9.59 Å². The fourth-order valence-electron chi connectivity index (χ4n) is 3.71. The first-order valence-electron chi connectivity index (χ1n) is 6.55. The van der Waals surface area contributed by atoms with Crippen molar-refractivity contribution >= 4 is 11.7 Å². The molecule has 0 aromatic heterocycles. The molecule has 0 bridgehead atoms. The van der Waals surface area contributed by atoms with Gasteiger partial charge in [-0.1, -0.05) is 18.2 Å². The monoisotopic (exact) mass is 243 g/mol. The van der Waals surface area contributed by atoms with E-state index in [0.717, 1.165) is 31.2 Å². The Bertz CT molecular complexity index is 493. The molecule has 2 aliphatic carbocycles. The highest BCUT2D eigenvalue weighted by Gasteiger charge is 2.41. The lowest BCUT2D eigenvalue weighted by atomic mass is 9.90. The number of hydrogen-bond donors (Lipinski definition) is 1. The van der Waals surface area contributed by atoms with E-state index in [1.807, 2.05) is 18.2 Å². The second kappa shape index (κ2) is 4.23. The van der Waals surface area contributed by atoms with Gasteiger partial charge in [-0.15, -0.1) is 0 Å². The van der Waals surface area contributed by atoms with E-state index in [1.165, 1.54) is 0 Å². The van der Waals surface area contributed by atoms with Crippen LogP contribution in [0.5, 0.6) is 0 Å². The van der Waals surface area contributed by atoms with Crippen molar-refractivity contribution in [1.29, 1.82) is 0 Å². The van der Waals surface area contributed by atoms with Gasteiger partial charge in [0.05, 0.1) is 0 Å². The number of amides is 1. The zero-order valence-electron chi connectivity index (χ0n) is 10.3. The molecule has 2 atom stereocenters. The standard InChI is InChI=1S/C15H17NO2/c16-15(18)14-4-2-1-3-13(14)11-5-9-7-12(17)8-10(9)6-11/h1-4,9-11H,5-8H2,(H2,16,18). The van der Waals surface area contributed by atoms with Gasteiger partial charge < -0.3 is 5.73 Å². The number of benzene rings is 1. The molecule has 2 unspecified atom stereocenters. The van der Waals surface area contributed by atoms with Gasteiger partial charge in [-0.05, 0) is 42.2 Å². The minimum Gasteiger partial charge on any atom is -0.366 e. The summed E-state index contributed by atoms with van der Waals surface area (Å²) in [7, 11) is 0. The zero-order valence-corrected chi connectivity index (χ0v) is 10.3. The number of ketones is 1. The van der Waals surface area contributed by atoms with E-state index >= 15 is 0 Å². The van der Waals surface area contributed by atoms with Gasteiger partial charge in [-0.3, -0.25) is 9.59 Å². The fraction of sp³-hybridized carbons (Fsp3) is 0.467. The minimum absolute atomic E-state index is 0.348. The van der Waals surface area contributed by atoms with Crippen LogP contribution in [0, 0.1) is 11.8 Å². The Kier molecular flexibility index (Phi) is 2.69. The lowest BCUT2D eigenvalue weighted by molar-refractivity contribution is -0.117. The van der Waals surface area contributed by atoms with Crippen LogP contribution in [0.2, 0.25) is 0 Å². The van der Waals surface area contributed by atoms with E-state index < -0.39 is 0 Å². The van der Waals surface area contributed by atoms with Crippen LogP contribution in [0.3, 0.4) is 0 Å². The third kappa shape index (κ3) is 1.84. The molecule has 0 spiro atoms. The molecule has 2 saturated carbocycles. The van der Waals surface area contributed by atoms with Gasteiger partial charge >= 0.3 is 0 Å². The Labute approximate surface area is 106 Å². The molecule has 18 heavy (non-hydrogen) atoms. The van der Waals surface area contributed by atoms with Gasteiger partial charge in [-0.2, -0.15) is 0 Å². The molecule has 3 rings (SSSR count). The maximum absolute atomic E-state index is 11.4. The van der Waals surface area contributed by atoms with Crippen molar-refractivity contribution in [2.75, 3.05) is 0 Å². The highest BCUT2D eigenvalue weighted by molar-refractivity contribution is 5.94. The van der Waals surface area contributed by atoms with Gasteiger partial charge in [0.15, 0.2) is 0 Å². The van der Waals surface area contributed by atoms with Crippen LogP contribution in [0.4, 0.5) is 0 Å². The zero-order chi connectivity index (χ0) is 12.7. The van der Waals surface area contributed by atoms with Crippen LogP contribution in [0.25, 0.3) is 0 Å². The van der Waals surface area contributed by atoms with Crippen molar-refractivity contribution in [3.05, 3.63) is 35.4 Å². The van der Waals surface area contributed by atoms with E-state index in [2.05, 4.69) is 0 Å². The number of carbonyl (C=O) groups excluding carboxylic acids is 2. The summed E-state index contributed by atoms with van der Waals surface area (Å²) in [6.07, 6.45) is 3.53. The van der Waals surface area contributed by atoms with E-state index in [0.29, 0.717) is 29.1 Å². The number of Topliss-reactive ketones (excluding diaryl/α,β-unsaturated/α-hetero) is 1. The summed E-state index contributed by atoms with van der Waals surface area (Å²) in [6.45, 7) is 0. The molecule has 1 aromatic carbocycles. The molecule has 3 nitrogen and oxygen atoms in total. The smallest absolute Gasteiger partial charge is 0.248 e. The van der Waals surface area contributed by atoms with E-state index in [9.17, 15) is 9.59 Å². The van der Waals surface area contributed by atoms with Crippen molar-refractivity contribution in [2.24, 2.45) is 17.6 Å². The third-order valence-corrected chi connectivity index (χ3v) is 4.49. The molecule has 94 valence electrons. The van der Waals surface area contributed by atoms with Gasteiger partial charge in [0.1, 0.15) is 5.78 Å². The van der Waals surface area contributed by atoms with Crippen LogP contribution >= 0.6 is 0 Å². The summed E-state index contributed by atoms with van der Waals surface area (Å²) in [5.41, 5.74) is 7.15. The third-order valence-electron chi connectivity index (χ3n) is 4.49. The number of primary amides is 1. The SMILES string of the molecule is NC(=O)c1ccccc1C1CC2CC(=O)CC2C1. The number of rotatable bonds is 2. The van der Waals surface area contributed by atoms with Gasteiger partial charge in [0.25, 0.3) is 0 Å². The molecule has 1 amide bonds. The summed E-state index contributed by atoms with van der Waals surface area (Å²) in [4.78, 5) is 22.8. The van der Waals surface area contributed by atoms with Crippen molar-refractivity contribution in [3.63, 3.8) is 0 Å². The summed E-state index contributed by atoms with van der Waals surface area (Å²) in [5, 5.41) is 0. The first-order chi connectivity index (χ1) is 8.65. The summed E-state index contributed by atoms with van der Waals surface area (Å²) >= 11 is 0. The average Bonchev–Trinajstić information content (AvgIpc) is 2.85. The van der Waals surface area contributed by atoms with Crippen molar-refractivity contribution in [3.8, 4) is 0 Å². The van der Waals surface area contributed by atoms with E-state index in [1.54, 1.807) is 6.07 Å². The predicted molar refractivity (Wildman–Crippen MR) is 68.2 cm³/mol. The Balaban J connectivity index is 1.86. The lowest BCUT2D eigenvalue weighted by Gasteiger charge is -2.14. The number of nitrogens with two attached hydrogens (primary N) is 1. The van der Waals surface area contributed by atoms with Crippen LogP contribution in [0.1, 0.15) is 47.5 Å². The fourth-order valence-corrected chi connectivity index (χ4v) is 3.71. The molecule has 0 radical (unpaired) electrons. The highest BCUT2D eigenvalue weighted by Crippen LogP contribution is 2.49. The normalized spacial score (nSPS) is 30.4. The Morgan fingerprint density at radius 1 is 1.11 bits per heavy atom. The molecule has 0 heterocycles. The highest BCUT2D eigenvalue weighted by atomic mass is 16.1. The van der Waals surface area contributed by atoms with Crippen molar-refractivity contribution in [1.82, 2.24) is 0 Å². The summed E-state index contributed by atoms with van der Waals surface area (Å²) in [5.74, 6) is 1.52. The number of fused-ring (bicyclic) bond motifs is 1. The van der Waals surface area contributed by atoms with Crippen LogP contribution < -0.4 is 5.73 Å². The van der Waals surface area contributed by atoms with E-state index in [4.69, 9.17) is 5.73 Å². The Morgan fingerprint density at radius 2 is 1.72 bits per heavy atom. The molecule has 2 fully saturated rings. The topological polar surface area (TPSA) is 60.2 Å². The van der Waals surface area contributed by atoms with Crippen molar-refractivity contribution in [2.45, 2.75) is 31.6 Å². The van der Waals surface area contributed by atoms with Gasteiger partial charge in [0, 0.05) is 18.4 Å². The molecule has 0 aliphatic heterocycles. The number of carbonyl (C=O) groups is 2. The molecule has 0 saturated heterocycles. The quantitative estimate of drug-likeness (QED) is 0.866. The molecule has 2 aliphatic rings. The first-order valence-corrected chi connectivity index (χ1v) is 6.55. The Hall–Kier alpha value is -1.64. The lowest BCUT2D eigenvalue weighted by Crippen LogP contribution is -2.15. The van der Waals surface area contributed by atoms with Gasteiger partial charge in [0.2, 0.25) is 5.91 Å². The number of hydrogen-bond acceptors (Lipinski definition) is 2. The second-order valence-electron chi connectivity index (χ2n) is 5.59. The minimum atomic E-state index is -0.348. The summed E-state index contributed by atoms with van der Waals surface area (Å²) < 4.78 is 0. The molecule has 2 N–H and O–H groups in total. The molecular weight excluding hydrogens is 226 g/mol. The van der Waals surface area contributed by atoms with Crippen LogP contribution in [-0.2, 0) is 4.79 Å². The first kappa shape index (κ1) is 11.5. The molecular formula is C15H17NO2. The second-order valence-corrected chi connectivity index (χ2v) is 5.59. The average molecular weight is 243 g/mol. The summed E-state index contributed by atoms with van der Waals surface area (Å²) in [6, 6.07) is 7.62. The Morgan fingerprint density at radius 3 is 2.33 bits per heavy atom. The van der Waals surface area contributed by atoms with E-state index in [-0.39, 0.29) is 5.91 Å².